The summed E-state index contributed by atoms with van der Waals surface area (Å²) in [6.07, 6.45) is 29.6. The van der Waals surface area contributed by atoms with Crippen LogP contribution in [0.4, 0.5) is 0 Å². The molecule has 0 aliphatic rings. The van der Waals surface area contributed by atoms with E-state index >= 15 is 0 Å². The topological polar surface area (TPSA) is 29.1 Å². The van der Waals surface area contributed by atoms with Gasteiger partial charge in [-0.2, -0.15) is 0 Å². The SMILES string of the molecule is CCCCCCCCCCCCCCCCCC[N+](C)(C)CCCCCCC(=O)NCCC[N+](C)(C)C.[Cl-].[Cl-]. The van der Waals surface area contributed by atoms with E-state index in [0.717, 1.165) is 34.9 Å². The Hall–Kier alpha value is -0.0300. The molecule has 0 bridgehead atoms. The lowest BCUT2D eigenvalue weighted by Gasteiger charge is -2.30. The lowest BCUT2D eigenvalue weighted by Crippen LogP contribution is -3.00. The lowest BCUT2D eigenvalue weighted by atomic mass is 10.0. The van der Waals surface area contributed by atoms with E-state index in [1.54, 1.807) is 0 Å². The Kier molecular flexibility index (Phi) is 32.8. The first-order chi connectivity index (χ1) is 17.7. The number of hydrogen-bond acceptors (Lipinski definition) is 1. The maximum absolute atomic E-state index is 12.0. The second-order valence-corrected chi connectivity index (χ2v) is 13.6. The minimum Gasteiger partial charge on any atom is -1.00 e. The summed E-state index contributed by atoms with van der Waals surface area (Å²) in [5.74, 6) is 0.237. The second kappa shape index (κ2) is 29.5. The minimum absolute atomic E-state index is 0. The number of nitrogens with zero attached hydrogens (tertiary/aromatic N) is 2. The number of carbonyl (C=O) groups is 1. The van der Waals surface area contributed by atoms with Crippen LogP contribution >= 0.6 is 0 Å². The zero-order chi connectivity index (χ0) is 27.7. The van der Waals surface area contributed by atoms with Crippen molar-refractivity contribution in [2.24, 2.45) is 0 Å². The highest BCUT2D eigenvalue weighted by Crippen LogP contribution is 2.15. The number of hydrogen-bond donors (Lipinski definition) is 1. The summed E-state index contributed by atoms with van der Waals surface area (Å²) in [7, 11) is 11.4. The Morgan fingerprint density at radius 3 is 1.23 bits per heavy atom. The van der Waals surface area contributed by atoms with Crippen molar-refractivity contribution in [3.63, 3.8) is 0 Å². The van der Waals surface area contributed by atoms with Gasteiger partial charge in [0.2, 0.25) is 5.91 Å². The highest BCUT2D eigenvalue weighted by Gasteiger charge is 2.13. The number of nitrogens with one attached hydrogen (secondary N) is 1. The van der Waals surface area contributed by atoms with Gasteiger partial charge < -0.3 is 39.1 Å². The van der Waals surface area contributed by atoms with Crippen molar-refractivity contribution in [3.8, 4) is 0 Å². The molecule has 0 spiro atoms. The van der Waals surface area contributed by atoms with E-state index in [9.17, 15) is 4.79 Å². The number of amides is 1. The van der Waals surface area contributed by atoms with E-state index in [0.29, 0.717) is 6.42 Å². The van der Waals surface area contributed by atoms with Crippen LogP contribution in [-0.4, -0.2) is 76.3 Å². The first-order valence-electron chi connectivity index (χ1n) is 16.6. The van der Waals surface area contributed by atoms with Gasteiger partial charge in [0.05, 0.1) is 54.9 Å². The van der Waals surface area contributed by atoms with Gasteiger partial charge in [-0.3, -0.25) is 4.79 Å². The van der Waals surface area contributed by atoms with Gasteiger partial charge in [-0.25, -0.2) is 0 Å². The van der Waals surface area contributed by atoms with Crippen molar-refractivity contribution < 1.29 is 38.6 Å². The van der Waals surface area contributed by atoms with Gasteiger partial charge in [0, 0.05) is 19.4 Å². The molecule has 0 rings (SSSR count). The molecule has 0 saturated heterocycles. The highest BCUT2D eigenvalue weighted by molar-refractivity contribution is 5.75. The zero-order valence-electron chi connectivity index (χ0n) is 27.4. The number of carbonyl (C=O) groups excluding carboxylic acids is 1. The van der Waals surface area contributed by atoms with Crippen molar-refractivity contribution in [1.29, 1.82) is 0 Å². The molecule has 39 heavy (non-hydrogen) atoms. The van der Waals surface area contributed by atoms with Crippen LogP contribution in [0.1, 0.15) is 148 Å². The van der Waals surface area contributed by atoms with Crippen LogP contribution in [0, 0.1) is 0 Å². The predicted octanol–water partition coefficient (Wildman–Crippen LogP) is 2.50. The second-order valence-electron chi connectivity index (χ2n) is 13.6. The Balaban J connectivity index is -0.00000648. The van der Waals surface area contributed by atoms with Crippen molar-refractivity contribution in [3.05, 3.63) is 0 Å². The van der Waals surface area contributed by atoms with E-state index in [4.69, 9.17) is 0 Å². The molecule has 1 N–H and O–H groups in total. The maximum atomic E-state index is 12.0. The third-order valence-corrected chi connectivity index (χ3v) is 7.86. The maximum Gasteiger partial charge on any atom is 0.219 e. The van der Waals surface area contributed by atoms with Crippen LogP contribution in [0.15, 0.2) is 0 Å². The summed E-state index contributed by atoms with van der Waals surface area (Å²) >= 11 is 0. The largest absolute Gasteiger partial charge is 1.00 e. The van der Waals surface area contributed by atoms with E-state index < -0.39 is 0 Å². The average molecular weight is 597 g/mol. The third-order valence-electron chi connectivity index (χ3n) is 7.86. The number of quaternary nitrogens is 2. The van der Waals surface area contributed by atoms with Gasteiger partial charge in [0.15, 0.2) is 0 Å². The fourth-order valence-corrected chi connectivity index (χ4v) is 5.25. The fourth-order valence-electron chi connectivity index (χ4n) is 5.25. The highest BCUT2D eigenvalue weighted by atomic mass is 35.5. The molecule has 0 aliphatic carbocycles. The van der Waals surface area contributed by atoms with Crippen LogP contribution in [0.3, 0.4) is 0 Å². The molecule has 0 aromatic rings. The van der Waals surface area contributed by atoms with E-state index in [1.165, 1.54) is 135 Å². The van der Waals surface area contributed by atoms with Crippen LogP contribution in [0.5, 0.6) is 0 Å². The summed E-state index contributed by atoms with van der Waals surface area (Å²) in [4.78, 5) is 12.0. The predicted molar refractivity (Wildman–Crippen MR) is 165 cm³/mol. The van der Waals surface area contributed by atoms with Crippen molar-refractivity contribution in [1.82, 2.24) is 5.32 Å². The van der Waals surface area contributed by atoms with Gasteiger partial charge in [-0.1, -0.05) is 103 Å². The van der Waals surface area contributed by atoms with Gasteiger partial charge >= 0.3 is 0 Å². The number of unbranched alkanes of at least 4 members (excludes halogenated alkanes) is 18. The van der Waals surface area contributed by atoms with Crippen LogP contribution in [-0.2, 0) is 4.79 Å². The molecule has 0 saturated carbocycles. The normalized spacial score (nSPS) is 11.6. The molecule has 0 aromatic carbocycles. The Bertz CT molecular complexity index is 510. The van der Waals surface area contributed by atoms with Crippen molar-refractivity contribution in [2.45, 2.75) is 148 Å². The Morgan fingerprint density at radius 1 is 0.487 bits per heavy atom. The molecule has 238 valence electrons. The van der Waals surface area contributed by atoms with Gasteiger partial charge in [0.1, 0.15) is 0 Å². The first kappa shape index (κ1) is 43.4. The molecule has 0 aromatic heterocycles. The zero-order valence-corrected chi connectivity index (χ0v) is 29.0. The van der Waals surface area contributed by atoms with Gasteiger partial charge in [-0.05, 0) is 32.1 Å². The minimum atomic E-state index is 0. The van der Waals surface area contributed by atoms with Crippen LogP contribution in [0.25, 0.3) is 0 Å². The molecule has 0 fully saturated rings. The van der Waals surface area contributed by atoms with Crippen molar-refractivity contribution in [2.75, 3.05) is 61.4 Å². The molecule has 0 heterocycles. The summed E-state index contributed by atoms with van der Waals surface area (Å²) in [5.41, 5.74) is 0. The summed E-state index contributed by atoms with van der Waals surface area (Å²) in [6, 6.07) is 0. The standard InChI is InChI=1S/C33H70N3O.2ClH/c1-7-8-9-10-11-12-13-14-15-16-17-18-19-20-22-25-31-36(5,6)32-26-23-21-24-28-33(37)34-29-27-30-35(2,3)4;;/h7-32H2,1-6H3;2*1H/q+1;;/p-1. The smallest absolute Gasteiger partial charge is 0.219 e. The summed E-state index contributed by atoms with van der Waals surface area (Å²) in [6.45, 7) is 6.81. The Morgan fingerprint density at radius 2 is 0.846 bits per heavy atom. The quantitative estimate of drug-likeness (QED) is 0.109. The Labute approximate surface area is 258 Å². The molecule has 0 radical (unpaired) electrons. The molecule has 4 nitrogen and oxygen atoms in total. The van der Waals surface area contributed by atoms with E-state index in [1.807, 2.05) is 0 Å². The molecule has 0 unspecified atom stereocenters. The summed E-state index contributed by atoms with van der Waals surface area (Å²) in [5, 5.41) is 3.08. The van der Waals surface area contributed by atoms with Gasteiger partial charge in [-0.15, -0.1) is 0 Å². The molecule has 0 atom stereocenters. The van der Waals surface area contributed by atoms with E-state index in [-0.39, 0.29) is 30.7 Å². The fraction of sp³-hybridized carbons (Fsp3) is 0.970. The molecule has 0 aliphatic heterocycles. The molecule has 1 amide bonds. The molecular weight excluding hydrogens is 525 g/mol. The lowest BCUT2D eigenvalue weighted by molar-refractivity contribution is -0.890. The first-order valence-corrected chi connectivity index (χ1v) is 16.6. The van der Waals surface area contributed by atoms with Crippen LogP contribution < -0.4 is 30.1 Å². The monoisotopic (exact) mass is 595 g/mol. The van der Waals surface area contributed by atoms with Gasteiger partial charge in [0.25, 0.3) is 0 Å². The summed E-state index contributed by atoms with van der Waals surface area (Å²) < 4.78 is 2.12. The molecular formula is C33H71Cl2N3O. The number of halogens is 2. The number of rotatable bonds is 28. The van der Waals surface area contributed by atoms with Crippen LogP contribution in [0.2, 0.25) is 0 Å². The average Bonchev–Trinajstić information content (AvgIpc) is 2.83. The third kappa shape index (κ3) is 35.9. The molecule has 6 heteroatoms. The van der Waals surface area contributed by atoms with Crippen molar-refractivity contribution >= 4 is 5.91 Å². The van der Waals surface area contributed by atoms with E-state index in [2.05, 4.69) is 47.5 Å².